The number of nitrogens with one attached hydrogen (secondary N) is 1. The SMILES string of the molecule is CC(CO)COc1cccc(CNC(C)(C)C)c1. The van der Waals surface area contributed by atoms with E-state index in [1.807, 2.05) is 25.1 Å². The highest BCUT2D eigenvalue weighted by atomic mass is 16.5. The van der Waals surface area contributed by atoms with Crippen molar-refractivity contribution in [3.8, 4) is 5.75 Å². The summed E-state index contributed by atoms with van der Waals surface area (Å²) in [4.78, 5) is 0. The second-order valence-electron chi connectivity index (χ2n) is 5.85. The van der Waals surface area contributed by atoms with Gasteiger partial charge in [-0.05, 0) is 38.5 Å². The van der Waals surface area contributed by atoms with Gasteiger partial charge in [0, 0.05) is 24.6 Å². The Morgan fingerprint density at radius 1 is 1.33 bits per heavy atom. The lowest BCUT2D eigenvalue weighted by molar-refractivity contribution is 0.174. The molecule has 0 aliphatic heterocycles. The van der Waals surface area contributed by atoms with Gasteiger partial charge in [0.05, 0.1) is 6.61 Å². The van der Waals surface area contributed by atoms with E-state index in [9.17, 15) is 0 Å². The molecular formula is C15H25NO2. The van der Waals surface area contributed by atoms with Crippen LogP contribution in [0.5, 0.6) is 5.75 Å². The van der Waals surface area contributed by atoms with Crippen molar-refractivity contribution in [3.63, 3.8) is 0 Å². The number of hydrogen-bond acceptors (Lipinski definition) is 3. The molecule has 1 aromatic rings. The molecule has 0 bridgehead atoms. The van der Waals surface area contributed by atoms with Gasteiger partial charge in [0.2, 0.25) is 0 Å². The fraction of sp³-hybridized carbons (Fsp3) is 0.600. The lowest BCUT2D eigenvalue weighted by atomic mass is 10.1. The largest absolute Gasteiger partial charge is 0.493 e. The molecule has 0 aliphatic rings. The van der Waals surface area contributed by atoms with Crippen LogP contribution in [0.25, 0.3) is 0 Å². The summed E-state index contributed by atoms with van der Waals surface area (Å²) in [7, 11) is 0. The average molecular weight is 251 g/mol. The van der Waals surface area contributed by atoms with Crippen LogP contribution in [-0.4, -0.2) is 23.9 Å². The van der Waals surface area contributed by atoms with Crippen LogP contribution >= 0.6 is 0 Å². The molecule has 0 saturated heterocycles. The Kier molecular flexibility index (Phi) is 5.63. The Morgan fingerprint density at radius 3 is 2.67 bits per heavy atom. The monoisotopic (exact) mass is 251 g/mol. The van der Waals surface area contributed by atoms with Gasteiger partial charge in [-0.3, -0.25) is 0 Å². The molecule has 18 heavy (non-hydrogen) atoms. The molecule has 0 fully saturated rings. The maximum Gasteiger partial charge on any atom is 0.119 e. The number of aliphatic hydroxyl groups is 1. The summed E-state index contributed by atoms with van der Waals surface area (Å²) in [6.45, 7) is 9.95. The summed E-state index contributed by atoms with van der Waals surface area (Å²) >= 11 is 0. The van der Waals surface area contributed by atoms with E-state index in [4.69, 9.17) is 9.84 Å². The van der Waals surface area contributed by atoms with Crippen LogP contribution in [-0.2, 0) is 6.54 Å². The molecule has 0 radical (unpaired) electrons. The molecule has 1 aromatic carbocycles. The number of ether oxygens (including phenoxy) is 1. The molecule has 3 heteroatoms. The summed E-state index contributed by atoms with van der Waals surface area (Å²) in [5, 5.41) is 12.4. The van der Waals surface area contributed by atoms with E-state index < -0.39 is 0 Å². The van der Waals surface area contributed by atoms with Gasteiger partial charge >= 0.3 is 0 Å². The second-order valence-corrected chi connectivity index (χ2v) is 5.85. The summed E-state index contributed by atoms with van der Waals surface area (Å²) in [5.41, 5.74) is 1.32. The molecule has 102 valence electrons. The first kappa shape index (κ1) is 15.0. The highest BCUT2D eigenvalue weighted by Crippen LogP contribution is 2.15. The van der Waals surface area contributed by atoms with Crippen molar-refractivity contribution >= 4 is 0 Å². The van der Waals surface area contributed by atoms with Crippen molar-refractivity contribution in [2.45, 2.75) is 39.8 Å². The van der Waals surface area contributed by atoms with Crippen LogP contribution in [0.3, 0.4) is 0 Å². The minimum atomic E-state index is 0.113. The molecule has 2 N–H and O–H groups in total. The van der Waals surface area contributed by atoms with E-state index >= 15 is 0 Å². The zero-order valence-electron chi connectivity index (χ0n) is 11.9. The molecule has 0 spiro atoms. The molecular weight excluding hydrogens is 226 g/mol. The fourth-order valence-electron chi connectivity index (χ4n) is 1.40. The molecule has 0 saturated carbocycles. The van der Waals surface area contributed by atoms with Crippen molar-refractivity contribution in [1.82, 2.24) is 5.32 Å². The first-order valence-electron chi connectivity index (χ1n) is 6.48. The Labute approximate surface area is 110 Å². The number of hydrogen-bond donors (Lipinski definition) is 2. The second kappa shape index (κ2) is 6.76. The summed E-state index contributed by atoms with van der Waals surface area (Å²) in [6.07, 6.45) is 0. The molecule has 1 atom stereocenters. The maximum absolute atomic E-state index is 8.95. The topological polar surface area (TPSA) is 41.5 Å². The van der Waals surface area contributed by atoms with Crippen LogP contribution in [0.1, 0.15) is 33.3 Å². The lowest BCUT2D eigenvalue weighted by Crippen LogP contribution is -2.35. The average Bonchev–Trinajstić information content (AvgIpc) is 2.33. The zero-order valence-corrected chi connectivity index (χ0v) is 11.9. The normalized spacial score (nSPS) is 13.4. The van der Waals surface area contributed by atoms with Gasteiger partial charge in [-0.2, -0.15) is 0 Å². The molecule has 0 aliphatic carbocycles. The van der Waals surface area contributed by atoms with Crippen LogP contribution in [0.2, 0.25) is 0 Å². The van der Waals surface area contributed by atoms with E-state index in [-0.39, 0.29) is 18.1 Å². The first-order chi connectivity index (χ1) is 8.40. The molecule has 0 amide bonds. The third kappa shape index (κ3) is 6.03. The Bertz CT molecular complexity index is 358. The van der Waals surface area contributed by atoms with E-state index in [0.29, 0.717) is 6.61 Å². The minimum absolute atomic E-state index is 0.113. The minimum Gasteiger partial charge on any atom is -0.493 e. The Morgan fingerprint density at radius 2 is 2.06 bits per heavy atom. The third-order valence-electron chi connectivity index (χ3n) is 2.57. The fourth-order valence-corrected chi connectivity index (χ4v) is 1.40. The third-order valence-corrected chi connectivity index (χ3v) is 2.57. The zero-order chi connectivity index (χ0) is 13.6. The molecule has 1 rings (SSSR count). The first-order valence-corrected chi connectivity index (χ1v) is 6.48. The van der Waals surface area contributed by atoms with Gasteiger partial charge in [-0.15, -0.1) is 0 Å². The predicted octanol–water partition coefficient (Wildman–Crippen LogP) is 2.58. The van der Waals surface area contributed by atoms with Crippen LogP contribution < -0.4 is 10.1 Å². The highest BCUT2D eigenvalue weighted by molar-refractivity contribution is 5.28. The molecule has 0 aromatic heterocycles. The molecule has 1 unspecified atom stereocenters. The quantitative estimate of drug-likeness (QED) is 0.816. The number of rotatable bonds is 6. The number of benzene rings is 1. The molecule has 3 nitrogen and oxygen atoms in total. The summed E-state index contributed by atoms with van der Waals surface area (Å²) in [5.74, 6) is 1.03. The van der Waals surface area contributed by atoms with Gasteiger partial charge < -0.3 is 15.2 Å². The van der Waals surface area contributed by atoms with Crippen LogP contribution in [0.4, 0.5) is 0 Å². The van der Waals surface area contributed by atoms with E-state index in [1.165, 1.54) is 5.56 Å². The maximum atomic E-state index is 8.95. The van der Waals surface area contributed by atoms with Crippen molar-refractivity contribution in [3.05, 3.63) is 29.8 Å². The van der Waals surface area contributed by atoms with Gasteiger partial charge in [0.15, 0.2) is 0 Å². The van der Waals surface area contributed by atoms with Crippen molar-refractivity contribution in [2.24, 2.45) is 5.92 Å². The van der Waals surface area contributed by atoms with Crippen LogP contribution in [0, 0.1) is 5.92 Å². The van der Waals surface area contributed by atoms with Gasteiger partial charge in [-0.1, -0.05) is 19.1 Å². The standard InChI is InChI=1S/C15H25NO2/c1-12(10-17)11-18-14-7-5-6-13(8-14)9-16-15(2,3)4/h5-8,12,16-17H,9-11H2,1-4H3. The Hall–Kier alpha value is -1.06. The van der Waals surface area contributed by atoms with Crippen LogP contribution in [0.15, 0.2) is 24.3 Å². The van der Waals surface area contributed by atoms with E-state index in [0.717, 1.165) is 12.3 Å². The Balaban J connectivity index is 2.51. The van der Waals surface area contributed by atoms with Crippen molar-refractivity contribution < 1.29 is 9.84 Å². The number of aliphatic hydroxyl groups excluding tert-OH is 1. The van der Waals surface area contributed by atoms with Gasteiger partial charge in [-0.25, -0.2) is 0 Å². The predicted molar refractivity (Wildman–Crippen MR) is 74.8 cm³/mol. The summed E-state index contributed by atoms with van der Waals surface area (Å²) in [6, 6.07) is 8.08. The van der Waals surface area contributed by atoms with Gasteiger partial charge in [0.25, 0.3) is 0 Å². The summed E-state index contributed by atoms with van der Waals surface area (Å²) < 4.78 is 5.64. The highest BCUT2D eigenvalue weighted by Gasteiger charge is 2.08. The van der Waals surface area contributed by atoms with Crippen molar-refractivity contribution in [1.29, 1.82) is 0 Å². The van der Waals surface area contributed by atoms with E-state index in [2.05, 4.69) is 32.2 Å². The smallest absolute Gasteiger partial charge is 0.119 e. The molecule has 0 heterocycles. The van der Waals surface area contributed by atoms with Gasteiger partial charge in [0.1, 0.15) is 5.75 Å². The van der Waals surface area contributed by atoms with E-state index in [1.54, 1.807) is 0 Å². The lowest BCUT2D eigenvalue weighted by Gasteiger charge is -2.20. The van der Waals surface area contributed by atoms with Crippen molar-refractivity contribution in [2.75, 3.05) is 13.2 Å².